The zero-order chi connectivity index (χ0) is 18.0. The van der Waals surface area contributed by atoms with Gasteiger partial charge < -0.3 is 29.6 Å². The minimum absolute atomic E-state index is 0.813. The first-order valence-electron chi connectivity index (χ1n) is 8.35. The average Bonchev–Trinajstić information content (AvgIpc) is 2.64. The zero-order valence-electron chi connectivity index (χ0n) is 15.8. The van der Waals surface area contributed by atoms with E-state index in [-0.39, 0.29) is 0 Å². The summed E-state index contributed by atoms with van der Waals surface area (Å²) in [6.07, 6.45) is 0. The molecule has 1 aliphatic heterocycles. The molecule has 0 saturated carbocycles. The van der Waals surface area contributed by atoms with Gasteiger partial charge in [0.15, 0.2) is 0 Å². The molecule has 0 bridgehead atoms. The van der Waals surface area contributed by atoms with E-state index < -0.39 is 0 Å². The van der Waals surface area contributed by atoms with E-state index in [1.807, 2.05) is 25.1 Å². The highest BCUT2D eigenvalue weighted by atomic mass is 16.5. The number of hydrogen-bond acceptors (Lipinski definition) is 6. The molecular formula is C18H34N2O4. The summed E-state index contributed by atoms with van der Waals surface area (Å²) in [6.45, 7) is 10.7. The highest BCUT2D eigenvalue weighted by molar-refractivity contribution is 5.37. The maximum absolute atomic E-state index is 5.06. The van der Waals surface area contributed by atoms with Crippen LogP contribution in [0.1, 0.15) is 12.5 Å². The molecule has 0 amide bonds. The van der Waals surface area contributed by atoms with Gasteiger partial charge in [-0.25, -0.2) is 0 Å². The lowest BCUT2D eigenvalue weighted by Gasteiger charge is -2.10. The molecule has 0 unspecified atom stereocenters. The summed E-state index contributed by atoms with van der Waals surface area (Å²) in [5, 5.41) is 6.28. The van der Waals surface area contributed by atoms with E-state index in [9.17, 15) is 0 Å². The Bertz CT molecular complexity index is 361. The molecule has 0 spiro atoms. The van der Waals surface area contributed by atoms with Gasteiger partial charge in [0, 0.05) is 32.8 Å². The van der Waals surface area contributed by atoms with Crippen LogP contribution in [0.3, 0.4) is 0 Å². The van der Waals surface area contributed by atoms with Crippen molar-refractivity contribution in [2.45, 2.75) is 13.8 Å². The van der Waals surface area contributed by atoms with Crippen molar-refractivity contribution in [2.75, 3.05) is 67.3 Å². The number of methoxy groups -OCH3 is 3. The number of hydrogen-bond donors (Lipinski definition) is 2. The monoisotopic (exact) mass is 342 g/mol. The summed E-state index contributed by atoms with van der Waals surface area (Å²) in [7, 11) is 5.00. The van der Waals surface area contributed by atoms with Crippen LogP contribution in [0.15, 0.2) is 18.2 Å². The van der Waals surface area contributed by atoms with Crippen LogP contribution in [0, 0.1) is 6.92 Å². The zero-order valence-corrected chi connectivity index (χ0v) is 15.8. The maximum atomic E-state index is 5.06. The van der Waals surface area contributed by atoms with E-state index in [0.29, 0.717) is 0 Å². The van der Waals surface area contributed by atoms with Crippen LogP contribution >= 0.6 is 0 Å². The van der Waals surface area contributed by atoms with Crippen LogP contribution in [-0.2, 0) is 9.47 Å². The molecule has 24 heavy (non-hydrogen) atoms. The highest BCUT2D eigenvalue weighted by Gasteiger charge is 1.96. The molecule has 0 aromatic heterocycles. The Labute approximate surface area is 146 Å². The van der Waals surface area contributed by atoms with Crippen molar-refractivity contribution >= 4 is 0 Å². The summed E-state index contributed by atoms with van der Waals surface area (Å²) >= 11 is 0. The van der Waals surface area contributed by atoms with Crippen LogP contribution in [0.25, 0.3) is 0 Å². The molecule has 1 saturated heterocycles. The van der Waals surface area contributed by atoms with Crippen LogP contribution in [0.4, 0.5) is 0 Å². The molecule has 1 fully saturated rings. The van der Waals surface area contributed by atoms with Gasteiger partial charge in [0.25, 0.3) is 0 Å². The third-order valence-corrected chi connectivity index (χ3v) is 3.08. The topological polar surface area (TPSA) is 61.0 Å². The molecule has 2 N–H and O–H groups in total. The van der Waals surface area contributed by atoms with Gasteiger partial charge in [0.1, 0.15) is 11.5 Å². The number of likely N-dealkylation sites (N-methyl/N-ethyl adjacent to an activating group) is 1. The summed E-state index contributed by atoms with van der Waals surface area (Å²) in [4.78, 5) is 0. The fourth-order valence-electron chi connectivity index (χ4n) is 1.82. The average molecular weight is 342 g/mol. The van der Waals surface area contributed by atoms with Crippen molar-refractivity contribution in [3.05, 3.63) is 23.8 Å². The molecule has 0 radical (unpaired) electrons. The van der Waals surface area contributed by atoms with E-state index in [4.69, 9.17) is 18.9 Å². The van der Waals surface area contributed by atoms with Gasteiger partial charge in [-0.15, -0.1) is 0 Å². The molecule has 1 aromatic rings. The van der Waals surface area contributed by atoms with E-state index >= 15 is 0 Å². The molecule has 6 nitrogen and oxygen atoms in total. The molecular weight excluding hydrogens is 308 g/mol. The predicted molar refractivity (Wildman–Crippen MR) is 98.4 cm³/mol. The van der Waals surface area contributed by atoms with Crippen molar-refractivity contribution in [1.29, 1.82) is 0 Å². The van der Waals surface area contributed by atoms with Gasteiger partial charge in [-0.1, -0.05) is 6.92 Å². The normalized spacial score (nSPS) is 13.0. The highest BCUT2D eigenvalue weighted by Crippen LogP contribution is 2.21. The molecule has 2 rings (SSSR count). The van der Waals surface area contributed by atoms with E-state index in [2.05, 4.69) is 17.6 Å². The molecule has 140 valence electrons. The number of aryl methyl sites for hydroxylation is 1. The van der Waals surface area contributed by atoms with Crippen LogP contribution < -0.4 is 20.1 Å². The molecule has 6 heteroatoms. The van der Waals surface area contributed by atoms with E-state index in [1.54, 1.807) is 21.3 Å². The van der Waals surface area contributed by atoms with Crippen molar-refractivity contribution < 1.29 is 18.9 Å². The van der Waals surface area contributed by atoms with Crippen molar-refractivity contribution in [3.63, 3.8) is 0 Å². The number of nitrogens with one attached hydrogen (secondary N) is 2. The van der Waals surface area contributed by atoms with Gasteiger partial charge >= 0.3 is 0 Å². The van der Waals surface area contributed by atoms with Crippen molar-refractivity contribution in [2.24, 2.45) is 0 Å². The lowest BCUT2D eigenvalue weighted by atomic mass is 10.2. The van der Waals surface area contributed by atoms with Crippen LogP contribution in [0.5, 0.6) is 11.5 Å². The largest absolute Gasteiger partial charge is 0.497 e. The smallest absolute Gasteiger partial charge is 0.122 e. The van der Waals surface area contributed by atoms with Gasteiger partial charge in [-0.2, -0.15) is 0 Å². The van der Waals surface area contributed by atoms with Crippen LogP contribution in [0.2, 0.25) is 0 Å². The number of morpholine rings is 1. The maximum Gasteiger partial charge on any atom is 0.122 e. The lowest BCUT2D eigenvalue weighted by molar-refractivity contribution is 0.109. The second-order valence-electron chi connectivity index (χ2n) is 5.10. The molecule has 1 aromatic carbocycles. The lowest BCUT2D eigenvalue weighted by Crippen LogP contribution is -2.30. The first kappa shape index (κ1) is 22.7. The van der Waals surface area contributed by atoms with Crippen LogP contribution in [-0.4, -0.2) is 67.3 Å². The number of rotatable bonds is 6. The molecule has 0 aliphatic carbocycles. The first-order chi connectivity index (χ1) is 11.7. The number of ether oxygens (including phenoxy) is 4. The van der Waals surface area contributed by atoms with Crippen molar-refractivity contribution in [3.8, 4) is 11.5 Å². The minimum Gasteiger partial charge on any atom is -0.497 e. The molecule has 1 heterocycles. The fraction of sp³-hybridized carbons (Fsp3) is 0.667. The molecule has 1 aliphatic rings. The summed E-state index contributed by atoms with van der Waals surface area (Å²) in [5.74, 6) is 1.67. The third-order valence-electron chi connectivity index (χ3n) is 3.08. The third kappa shape index (κ3) is 13.1. The second kappa shape index (κ2) is 16.5. The predicted octanol–water partition coefficient (Wildman–Crippen LogP) is 1.86. The Kier molecular flexibility index (Phi) is 15.6. The van der Waals surface area contributed by atoms with Gasteiger partial charge in [-0.05, 0) is 31.2 Å². The van der Waals surface area contributed by atoms with Gasteiger partial charge in [0.05, 0.1) is 34.0 Å². The quantitative estimate of drug-likeness (QED) is 0.770. The second-order valence-corrected chi connectivity index (χ2v) is 5.10. The first-order valence-corrected chi connectivity index (χ1v) is 8.35. The molecule has 0 atom stereocenters. The summed E-state index contributed by atoms with van der Waals surface area (Å²) in [6, 6.07) is 5.78. The Hall–Kier alpha value is -1.34. The summed E-state index contributed by atoms with van der Waals surface area (Å²) in [5.41, 5.74) is 1.14. The van der Waals surface area contributed by atoms with E-state index in [1.165, 1.54) is 0 Å². The Morgan fingerprint density at radius 3 is 1.96 bits per heavy atom. The Balaban J connectivity index is 0.000000352. The standard InChI is InChI=1S/C9H12O2.C5H13NO.C4H9NO/c1-7-4-8(10-2)6-9(5-7)11-3;1-3-6-4-5-7-2;1-3-6-4-2-5-1/h4-6H,1-3H3;6H,3-5H2,1-2H3;5H,1-4H2. The van der Waals surface area contributed by atoms with Gasteiger partial charge in [-0.3, -0.25) is 0 Å². The van der Waals surface area contributed by atoms with Gasteiger partial charge in [0.2, 0.25) is 0 Å². The number of benzene rings is 1. The minimum atomic E-state index is 0.813. The Morgan fingerprint density at radius 2 is 1.62 bits per heavy atom. The summed E-state index contributed by atoms with van der Waals surface area (Å²) < 4.78 is 19.9. The Morgan fingerprint density at radius 1 is 1.04 bits per heavy atom. The fourth-order valence-corrected chi connectivity index (χ4v) is 1.82. The van der Waals surface area contributed by atoms with Crippen molar-refractivity contribution in [1.82, 2.24) is 10.6 Å². The SMILES string of the molecule is C1COCCN1.CCNCCOC.COc1cc(C)cc(OC)c1. The van der Waals surface area contributed by atoms with E-state index in [0.717, 1.165) is 63.1 Å².